The van der Waals surface area contributed by atoms with Crippen molar-refractivity contribution < 1.29 is 14.3 Å². The molecule has 3 heteroatoms. The Kier molecular flexibility index (Phi) is 2.74. The average Bonchev–Trinajstić information content (AvgIpc) is 2.43. The molecule has 0 bridgehead atoms. The van der Waals surface area contributed by atoms with Gasteiger partial charge in [-0.2, -0.15) is 0 Å². The van der Waals surface area contributed by atoms with Crippen LogP contribution in [0.4, 0.5) is 0 Å². The molecule has 2 rings (SSSR count). The topological polar surface area (TPSA) is 43.4 Å². The van der Waals surface area contributed by atoms with Crippen LogP contribution < -0.4 is 0 Å². The third-order valence-electron chi connectivity index (χ3n) is 4.54. The second-order valence-electron chi connectivity index (χ2n) is 5.19. The van der Waals surface area contributed by atoms with Crippen molar-refractivity contribution in [1.82, 2.24) is 0 Å². The number of methoxy groups -OCH3 is 1. The zero-order valence-electron chi connectivity index (χ0n) is 9.91. The molecule has 0 radical (unpaired) electrons. The normalized spacial score (nSPS) is 36.2. The molecule has 0 heterocycles. The molecule has 0 N–H and O–H groups in total. The first kappa shape index (κ1) is 11.5. The maximum Gasteiger partial charge on any atom is 0.184 e. The van der Waals surface area contributed by atoms with E-state index in [2.05, 4.69) is 6.92 Å². The van der Waals surface area contributed by atoms with E-state index in [1.807, 2.05) is 6.08 Å². The lowest BCUT2D eigenvalue weighted by Crippen LogP contribution is -2.49. The van der Waals surface area contributed by atoms with E-state index < -0.39 is 0 Å². The zero-order chi connectivity index (χ0) is 11.8. The van der Waals surface area contributed by atoms with E-state index in [9.17, 15) is 9.59 Å². The number of carbonyl (C=O) groups is 2. The van der Waals surface area contributed by atoms with E-state index >= 15 is 0 Å². The molecule has 88 valence electrons. The highest BCUT2D eigenvalue weighted by atomic mass is 16.5. The fraction of sp³-hybridized carbons (Fsp3) is 0.692. The SMILES string of the molecule is COCC(=O)C1=CC[C@]2(C)CC[C@]12CC=O. The van der Waals surface area contributed by atoms with Crippen molar-refractivity contribution in [2.45, 2.75) is 32.6 Å². The van der Waals surface area contributed by atoms with Crippen LogP contribution in [0, 0.1) is 10.8 Å². The molecular formula is C13H18O3. The van der Waals surface area contributed by atoms with E-state index in [4.69, 9.17) is 4.74 Å². The van der Waals surface area contributed by atoms with Gasteiger partial charge in [0.05, 0.1) is 0 Å². The summed E-state index contributed by atoms with van der Waals surface area (Å²) in [5.74, 6) is 0.0489. The number of aldehydes is 1. The standard InChI is InChI=1S/C13H18O3/c1-12-4-3-10(11(15)9-16-2)13(12,6-5-12)7-8-14/h3,8H,4-7,9H2,1-2H3/t12-,13+/m1/s1. The molecule has 1 saturated carbocycles. The largest absolute Gasteiger partial charge is 0.377 e. The van der Waals surface area contributed by atoms with Gasteiger partial charge in [-0.15, -0.1) is 0 Å². The van der Waals surface area contributed by atoms with Gasteiger partial charge in [0.2, 0.25) is 0 Å². The van der Waals surface area contributed by atoms with Gasteiger partial charge in [0, 0.05) is 24.5 Å². The molecule has 0 aromatic carbocycles. The average molecular weight is 222 g/mol. The van der Waals surface area contributed by atoms with E-state index in [0.29, 0.717) is 6.42 Å². The van der Waals surface area contributed by atoms with E-state index in [0.717, 1.165) is 31.1 Å². The van der Waals surface area contributed by atoms with Gasteiger partial charge in [0.25, 0.3) is 0 Å². The third-order valence-corrected chi connectivity index (χ3v) is 4.54. The monoisotopic (exact) mass is 222 g/mol. The molecule has 2 aliphatic carbocycles. The Labute approximate surface area is 95.9 Å². The number of hydrogen-bond donors (Lipinski definition) is 0. The minimum absolute atomic E-state index is 0.0489. The lowest BCUT2D eigenvalue weighted by Gasteiger charge is -2.55. The molecule has 16 heavy (non-hydrogen) atoms. The second-order valence-corrected chi connectivity index (χ2v) is 5.19. The summed E-state index contributed by atoms with van der Waals surface area (Å²) in [4.78, 5) is 22.8. The molecule has 0 spiro atoms. The first-order chi connectivity index (χ1) is 7.59. The molecule has 0 aromatic rings. The smallest absolute Gasteiger partial charge is 0.184 e. The summed E-state index contributed by atoms with van der Waals surface area (Å²) in [6, 6.07) is 0. The minimum atomic E-state index is -0.176. The molecule has 0 aliphatic heterocycles. The Balaban J connectivity index is 2.26. The first-order valence-corrected chi connectivity index (χ1v) is 5.76. The van der Waals surface area contributed by atoms with Crippen LogP contribution in [-0.4, -0.2) is 25.8 Å². The van der Waals surface area contributed by atoms with Crippen LogP contribution in [0.25, 0.3) is 0 Å². The fourth-order valence-electron chi connectivity index (χ4n) is 3.32. The molecule has 3 nitrogen and oxygen atoms in total. The number of Topliss-reactive ketones (excluding diaryl/α,β-unsaturated/α-hetero) is 1. The fourth-order valence-corrected chi connectivity index (χ4v) is 3.32. The highest BCUT2D eigenvalue weighted by Gasteiger charge is 2.60. The van der Waals surface area contributed by atoms with Crippen molar-refractivity contribution >= 4 is 12.1 Å². The van der Waals surface area contributed by atoms with Gasteiger partial charge in [-0.3, -0.25) is 4.79 Å². The van der Waals surface area contributed by atoms with Crippen molar-refractivity contribution in [2.24, 2.45) is 10.8 Å². The number of fused-ring (bicyclic) bond motifs is 1. The maximum absolute atomic E-state index is 11.9. The van der Waals surface area contributed by atoms with Gasteiger partial charge >= 0.3 is 0 Å². The second kappa shape index (κ2) is 3.81. The van der Waals surface area contributed by atoms with Gasteiger partial charge in [-0.25, -0.2) is 0 Å². The van der Waals surface area contributed by atoms with Crippen molar-refractivity contribution in [3.8, 4) is 0 Å². The Morgan fingerprint density at radius 2 is 2.31 bits per heavy atom. The van der Waals surface area contributed by atoms with Crippen LogP contribution in [0.1, 0.15) is 32.6 Å². The zero-order valence-corrected chi connectivity index (χ0v) is 9.91. The predicted molar refractivity (Wildman–Crippen MR) is 60.0 cm³/mol. The molecule has 1 fully saturated rings. The molecular weight excluding hydrogens is 204 g/mol. The van der Waals surface area contributed by atoms with Crippen LogP contribution in [0.3, 0.4) is 0 Å². The summed E-state index contributed by atoms with van der Waals surface area (Å²) in [7, 11) is 1.53. The van der Waals surface area contributed by atoms with Crippen molar-refractivity contribution in [3.63, 3.8) is 0 Å². The van der Waals surface area contributed by atoms with Crippen LogP contribution in [0.2, 0.25) is 0 Å². The molecule has 2 atom stereocenters. The highest BCUT2D eigenvalue weighted by molar-refractivity contribution is 5.99. The third kappa shape index (κ3) is 1.31. The minimum Gasteiger partial charge on any atom is -0.377 e. The Morgan fingerprint density at radius 1 is 1.56 bits per heavy atom. The molecule has 0 amide bonds. The Morgan fingerprint density at radius 3 is 2.81 bits per heavy atom. The molecule has 0 aromatic heterocycles. The van der Waals surface area contributed by atoms with Gasteiger partial charge < -0.3 is 9.53 Å². The number of allylic oxidation sites excluding steroid dienone is 1. The van der Waals surface area contributed by atoms with Gasteiger partial charge in [-0.1, -0.05) is 13.0 Å². The number of ketones is 1. The lowest BCUT2D eigenvalue weighted by atomic mass is 9.48. The summed E-state index contributed by atoms with van der Waals surface area (Å²) in [5.41, 5.74) is 0.798. The Hall–Kier alpha value is -0.960. The summed E-state index contributed by atoms with van der Waals surface area (Å²) in [6.07, 6.45) is 6.45. The Bertz CT molecular complexity index is 358. The summed E-state index contributed by atoms with van der Waals surface area (Å²) < 4.78 is 4.90. The number of ether oxygens (including phenoxy) is 1. The maximum atomic E-state index is 11.9. The van der Waals surface area contributed by atoms with E-state index in [1.165, 1.54) is 7.11 Å². The number of carbonyl (C=O) groups excluding carboxylic acids is 2. The van der Waals surface area contributed by atoms with E-state index in [1.54, 1.807) is 0 Å². The van der Waals surface area contributed by atoms with Crippen molar-refractivity contribution in [2.75, 3.05) is 13.7 Å². The predicted octanol–water partition coefficient (Wildman–Crippen LogP) is 1.91. The van der Waals surface area contributed by atoms with Gasteiger partial charge in [0.1, 0.15) is 12.9 Å². The van der Waals surface area contributed by atoms with Gasteiger partial charge in [0.15, 0.2) is 5.78 Å². The van der Waals surface area contributed by atoms with Gasteiger partial charge in [-0.05, 0) is 24.7 Å². The number of rotatable bonds is 5. The number of hydrogen-bond acceptors (Lipinski definition) is 3. The molecule has 0 unspecified atom stereocenters. The summed E-state index contributed by atoms with van der Waals surface area (Å²) in [5, 5.41) is 0. The molecule has 2 aliphatic rings. The van der Waals surface area contributed by atoms with Crippen LogP contribution in [0.15, 0.2) is 11.6 Å². The van der Waals surface area contributed by atoms with Crippen molar-refractivity contribution in [1.29, 1.82) is 0 Å². The van der Waals surface area contributed by atoms with E-state index in [-0.39, 0.29) is 23.2 Å². The summed E-state index contributed by atoms with van der Waals surface area (Å²) >= 11 is 0. The first-order valence-electron chi connectivity index (χ1n) is 5.76. The van der Waals surface area contributed by atoms with Crippen molar-refractivity contribution in [3.05, 3.63) is 11.6 Å². The summed E-state index contributed by atoms with van der Waals surface area (Å²) in [6.45, 7) is 2.31. The van der Waals surface area contributed by atoms with Crippen LogP contribution in [-0.2, 0) is 14.3 Å². The van der Waals surface area contributed by atoms with Crippen LogP contribution in [0.5, 0.6) is 0 Å². The molecule has 0 saturated heterocycles. The highest BCUT2D eigenvalue weighted by Crippen LogP contribution is 2.67. The quantitative estimate of drug-likeness (QED) is 0.667. The lowest BCUT2D eigenvalue weighted by molar-refractivity contribution is -0.125. The van der Waals surface area contributed by atoms with Crippen LogP contribution >= 0.6 is 0 Å².